The van der Waals surface area contributed by atoms with Crippen LogP contribution in [0.25, 0.3) is 0 Å². The first kappa shape index (κ1) is 14.9. The molecule has 2 N–H and O–H groups in total. The van der Waals surface area contributed by atoms with Gasteiger partial charge in [-0.25, -0.2) is 4.39 Å². The van der Waals surface area contributed by atoms with Gasteiger partial charge in [0, 0.05) is 18.7 Å². The van der Waals surface area contributed by atoms with Gasteiger partial charge in [0.25, 0.3) is 5.91 Å². The summed E-state index contributed by atoms with van der Waals surface area (Å²) in [5.74, 6) is -0.510. The predicted octanol–water partition coefficient (Wildman–Crippen LogP) is 1.71. The van der Waals surface area contributed by atoms with Gasteiger partial charge in [0.2, 0.25) is 0 Å². The fourth-order valence-electron chi connectivity index (χ4n) is 2.19. The van der Waals surface area contributed by atoms with Gasteiger partial charge in [-0.1, -0.05) is 0 Å². The van der Waals surface area contributed by atoms with E-state index in [1.165, 1.54) is 24.3 Å². The van der Waals surface area contributed by atoms with E-state index in [9.17, 15) is 9.18 Å². The molecule has 1 heterocycles. The van der Waals surface area contributed by atoms with Gasteiger partial charge in [0.1, 0.15) is 5.82 Å². The highest BCUT2D eigenvalue weighted by molar-refractivity contribution is 5.94. The topological polar surface area (TPSA) is 50.4 Å². The third-order valence-electron chi connectivity index (χ3n) is 3.35. The van der Waals surface area contributed by atoms with Crippen molar-refractivity contribution in [3.8, 4) is 0 Å². The second-order valence-electron chi connectivity index (χ2n) is 4.94. The Kier molecular flexibility index (Phi) is 5.95. The zero-order valence-corrected chi connectivity index (χ0v) is 11.5. The van der Waals surface area contributed by atoms with Gasteiger partial charge in [0.15, 0.2) is 0 Å². The first-order valence-electron chi connectivity index (χ1n) is 7.12. The predicted molar refractivity (Wildman–Crippen MR) is 75.2 cm³/mol. The third kappa shape index (κ3) is 4.90. The van der Waals surface area contributed by atoms with E-state index in [-0.39, 0.29) is 11.7 Å². The Balaban J connectivity index is 1.58. The van der Waals surface area contributed by atoms with E-state index in [2.05, 4.69) is 10.6 Å². The summed E-state index contributed by atoms with van der Waals surface area (Å²) in [5, 5.41) is 6.09. The van der Waals surface area contributed by atoms with Crippen molar-refractivity contribution < 1.29 is 13.9 Å². The number of hydrogen-bond acceptors (Lipinski definition) is 3. The van der Waals surface area contributed by atoms with Crippen molar-refractivity contribution in [3.63, 3.8) is 0 Å². The molecule has 0 bridgehead atoms. The second-order valence-corrected chi connectivity index (χ2v) is 4.94. The number of carbonyl (C=O) groups is 1. The molecule has 0 aromatic heterocycles. The first-order valence-corrected chi connectivity index (χ1v) is 7.12. The van der Waals surface area contributed by atoms with Crippen molar-refractivity contribution in [2.24, 2.45) is 0 Å². The normalized spacial score (nSPS) is 16.1. The average Bonchev–Trinajstić information content (AvgIpc) is 2.48. The van der Waals surface area contributed by atoms with Crippen molar-refractivity contribution in [1.29, 1.82) is 0 Å². The molecule has 5 heteroatoms. The van der Waals surface area contributed by atoms with E-state index < -0.39 is 0 Å². The molecule has 20 heavy (non-hydrogen) atoms. The highest BCUT2D eigenvalue weighted by Crippen LogP contribution is 2.07. The lowest BCUT2D eigenvalue weighted by Gasteiger charge is -2.22. The number of amides is 1. The fraction of sp³-hybridized carbons (Fsp3) is 0.533. The van der Waals surface area contributed by atoms with Gasteiger partial charge >= 0.3 is 0 Å². The number of carbonyl (C=O) groups excluding carboxylic acids is 1. The Morgan fingerprint density at radius 1 is 1.30 bits per heavy atom. The molecule has 2 rings (SSSR count). The molecule has 0 radical (unpaired) electrons. The summed E-state index contributed by atoms with van der Waals surface area (Å²) in [6.07, 6.45) is 3.25. The number of nitrogens with one attached hydrogen (secondary N) is 2. The number of benzene rings is 1. The molecule has 1 aliphatic rings. The summed E-state index contributed by atoms with van der Waals surface area (Å²) in [6.45, 7) is 3.27. The summed E-state index contributed by atoms with van der Waals surface area (Å²) in [5.41, 5.74) is 0.477. The maximum atomic E-state index is 12.7. The molecule has 0 saturated carbocycles. The number of ether oxygens (including phenoxy) is 1. The minimum atomic E-state index is -0.336. The molecule has 0 aliphatic carbocycles. The van der Waals surface area contributed by atoms with Crippen LogP contribution < -0.4 is 10.6 Å². The lowest BCUT2D eigenvalue weighted by Crippen LogP contribution is -2.33. The number of halogens is 1. The zero-order valence-electron chi connectivity index (χ0n) is 11.5. The Hall–Kier alpha value is -1.46. The third-order valence-corrected chi connectivity index (χ3v) is 3.35. The largest absolute Gasteiger partial charge is 0.378 e. The molecular weight excluding hydrogens is 259 g/mol. The quantitative estimate of drug-likeness (QED) is 0.780. The Morgan fingerprint density at radius 3 is 2.70 bits per heavy atom. The van der Waals surface area contributed by atoms with Crippen LogP contribution in [0.5, 0.6) is 0 Å². The van der Waals surface area contributed by atoms with Crippen molar-refractivity contribution in [2.75, 3.05) is 26.2 Å². The highest BCUT2D eigenvalue weighted by atomic mass is 19.1. The van der Waals surface area contributed by atoms with Gasteiger partial charge < -0.3 is 15.4 Å². The van der Waals surface area contributed by atoms with Crippen LogP contribution in [0.3, 0.4) is 0 Å². The number of piperidine rings is 1. The van der Waals surface area contributed by atoms with Crippen LogP contribution in [0.4, 0.5) is 4.39 Å². The molecule has 0 atom stereocenters. The molecular formula is C15H21FN2O2. The van der Waals surface area contributed by atoms with Crippen molar-refractivity contribution in [2.45, 2.75) is 25.4 Å². The number of hydrogen-bond donors (Lipinski definition) is 2. The van der Waals surface area contributed by atoms with Crippen LogP contribution >= 0.6 is 0 Å². The monoisotopic (exact) mass is 280 g/mol. The average molecular weight is 280 g/mol. The van der Waals surface area contributed by atoms with Crippen LogP contribution in [0.2, 0.25) is 0 Å². The molecule has 1 aromatic carbocycles. The molecule has 4 nitrogen and oxygen atoms in total. The molecule has 1 amide bonds. The van der Waals surface area contributed by atoms with E-state index in [1.54, 1.807) is 0 Å². The lowest BCUT2D eigenvalue weighted by atomic mass is 10.1. The van der Waals surface area contributed by atoms with E-state index in [0.717, 1.165) is 32.4 Å². The summed E-state index contributed by atoms with van der Waals surface area (Å²) in [6, 6.07) is 5.54. The molecule has 0 spiro atoms. The van der Waals surface area contributed by atoms with Crippen LogP contribution in [0.15, 0.2) is 24.3 Å². The SMILES string of the molecule is O=C(NCCCOC1CCNCC1)c1ccc(F)cc1. The van der Waals surface area contributed by atoms with E-state index in [0.29, 0.717) is 24.8 Å². The van der Waals surface area contributed by atoms with Crippen LogP contribution in [0.1, 0.15) is 29.6 Å². The standard InChI is InChI=1S/C15H21FN2O2/c16-13-4-2-12(3-5-13)15(19)18-8-1-11-20-14-6-9-17-10-7-14/h2-5,14,17H,1,6-11H2,(H,18,19). The molecule has 1 fully saturated rings. The fourth-order valence-corrected chi connectivity index (χ4v) is 2.19. The Morgan fingerprint density at radius 2 is 2.00 bits per heavy atom. The lowest BCUT2D eigenvalue weighted by molar-refractivity contribution is 0.0318. The van der Waals surface area contributed by atoms with Gasteiger partial charge in [0.05, 0.1) is 6.10 Å². The summed E-state index contributed by atoms with van der Waals surface area (Å²) < 4.78 is 18.5. The van der Waals surface area contributed by atoms with E-state index in [1.807, 2.05) is 0 Å². The van der Waals surface area contributed by atoms with Crippen molar-refractivity contribution >= 4 is 5.91 Å². The zero-order chi connectivity index (χ0) is 14.2. The second kappa shape index (κ2) is 7.97. The first-order chi connectivity index (χ1) is 9.75. The van der Waals surface area contributed by atoms with Gasteiger partial charge in [-0.05, 0) is 56.6 Å². The molecule has 1 saturated heterocycles. The molecule has 1 aliphatic heterocycles. The molecule has 110 valence electrons. The Labute approximate surface area is 118 Å². The summed E-state index contributed by atoms with van der Waals surface area (Å²) in [7, 11) is 0. The smallest absolute Gasteiger partial charge is 0.251 e. The minimum absolute atomic E-state index is 0.174. The van der Waals surface area contributed by atoms with Gasteiger partial charge in [-0.3, -0.25) is 4.79 Å². The van der Waals surface area contributed by atoms with E-state index >= 15 is 0 Å². The molecule has 0 unspecified atom stereocenters. The molecule has 1 aromatic rings. The minimum Gasteiger partial charge on any atom is -0.378 e. The van der Waals surface area contributed by atoms with Crippen molar-refractivity contribution in [1.82, 2.24) is 10.6 Å². The van der Waals surface area contributed by atoms with Gasteiger partial charge in [-0.15, -0.1) is 0 Å². The van der Waals surface area contributed by atoms with Gasteiger partial charge in [-0.2, -0.15) is 0 Å². The Bertz CT molecular complexity index is 416. The summed E-state index contributed by atoms with van der Waals surface area (Å²) >= 11 is 0. The maximum Gasteiger partial charge on any atom is 0.251 e. The highest BCUT2D eigenvalue weighted by Gasteiger charge is 2.12. The van der Waals surface area contributed by atoms with E-state index in [4.69, 9.17) is 4.74 Å². The maximum absolute atomic E-state index is 12.7. The van der Waals surface area contributed by atoms with Crippen molar-refractivity contribution in [3.05, 3.63) is 35.6 Å². The summed E-state index contributed by atoms with van der Waals surface area (Å²) in [4.78, 5) is 11.7. The van der Waals surface area contributed by atoms with Crippen LogP contribution in [0, 0.1) is 5.82 Å². The number of rotatable bonds is 6. The van der Waals surface area contributed by atoms with Crippen LogP contribution in [-0.4, -0.2) is 38.3 Å². The van der Waals surface area contributed by atoms with Crippen LogP contribution in [-0.2, 0) is 4.74 Å².